The van der Waals surface area contributed by atoms with Gasteiger partial charge in [-0.25, -0.2) is 4.79 Å². The van der Waals surface area contributed by atoms with Crippen molar-refractivity contribution >= 4 is 35.1 Å². The molecule has 1 aromatic heterocycles. The van der Waals surface area contributed by atoms with Gasteiger partial charge in [0.2, 0.25) is 5.91 Å². The number of nitrogens with zero attached hydrogens (tertiary/aromatic N) is 1. The Labute approximate surface area is 190 Å². The van der Waals surface area contributed by atoms with Gasteiger partial charge in [-0.3, -0.25) is 14.2 Å². The SMILES string of the molecule is C#Cc1ccc(NC(=O)N[C@H](CSC)C(=O)Nc2ccc(-n3ccccc3=O)cc2)cc1. The van der Waals surface area contributed by atoms with Crippen molar-refractivity contribution in [3.05, 3.63) is 88.8 Å². The Hall–Kier alpha value is -3.96. The summed E-state index contributed by atoms with van der Waals surface area (Å²) >= 11 is 1.44. The van der Waals surface area contributed by atoms with E-state index in [-0.39, 0.29) is 11.5 Å². The number of thioether (sulfide) groups is 1. The average Bonchev–Trinajstić information content (AvgIpc) is 2.80. The molecule has 2 aromatic carbocycles. The van der Waals surface area contributed by atoms with Crippen LogP contribution in [0.2, 0.25) is 0 Å². The number of rotatable bonds is 7. The average molecular weight is 447 g/mol. The molecule has 0 aliphatic rings. The van der Waals surface area contributed by atoms with Crippen LogP contribution in [0.25, 0.3) is 5.69 Å². The predicted molar refractivity (Wildman–Crippen MR) is 129 cm³/mol. The van der Waals surface area contributed by atoms with Gasteiger partial charge >= 0.3 is 6.03 Å². The van der Waals surface area contributed by atoms with Crippen LogP contribution in [-0.2, 0) is 4.79 Å². The van der Waals surface area contributed by atoms with Crippen LogP contribution in [0.15, 0.2) is 77.7 Å². The van der Waals surface area contributed by atoms with Crippen LogP contribution in [0.4, 0.5) is 16.2 Å². The maximum Gasteiger partial charge on any atom is 0.319 e. The number of amides is 3. The minimum Gasteiger partial charge on any atom is -0.325 e. The summed E-state index contributed by atoms with van der Waals surface area (Å²) < 4.78 is 1.50. The largest absolute Gasteiger partial charge is 0.325 e. The number of nitrogens with one attached hydrogen (secondary N) is 3. The van der Waals surface area contributed by atoms with Gasteiger partial charge in [-0.2, -0.15) is 11.8 Å². The first-order valence-corrected chi connectivity index (χ1v) is 11.1. The van der Waals surface area contributed by atoms with Gasteiger partial charge in [0.1, 0.15) is 6.04 Å². The first kappa shape index (κ1) is 22.7. The molecule has 3 aromatic rings. The van der Waals surface area contributed by atoms with E-state index in [4.69, 9.17) is 6.42 Å². The van der Waals surface area contributed by atoms with Crippen LogP contribution in [0.3, 0.4) is 0 Å². The van der Waals surface area contributed by atoms with E-state index in [9.17, 15) is 14.4 Å². The summed E-state index contributed by atoms with van der Waals surface area (Å²) in [7, 11) is 0. The van der Waals surface area contributed by atoms with E-state index in [1.807, 2.05) is 6.26 Å². The number of carbonyl (C=O) groups is 2. The quantitative estimate of drug-likeness (QED) is 0.486. The molecule has 3 N–H and O–H groups in total. The molecule has 0 aliphatic heterocycles. The molecule has 1 heterocycles. The van der Waals surface area contributed by atoms with Crippen molar-refractivity contribution in [3.63, 3.8) is 0 Å². The molecule has 32 heavy (non-hydrogen) atoms. The highest BCUT2D eigenvalue weighted by Gasteiger charge is 2.20. The Morgan fingerprint density at radius 2 is 1.66 bits per heavy atom. The number of hydrogen-bond donors (Lipinski definition) is 3. The summed E-state index contributed by atoms with van der Waals surface area (Å²) in [5, 5.41) is 8.18. The standard InChI is InChI=1S/C24H22N4O3S/c1-3-17-7-9-19(10-8-17)26-24(31)27-21(16-32-2)23(30)25-18-11-13-20(14-12-18)28-15-5-4-6-22(28)29/h1,4-15,21H,16H2,2H3,(H,25,30)(H2,26,27,31)/t21-/m1/s1. The third-order valence-electron chi connectivity index (χ3n) is 4.50. The third-order valence-corrected chi connectivity index (χ3v) is 5.17. The van der Waals surface area contributed by atoms with Crippen LogP contribution in [0.5, 0.6) is 0 Å². The summed E-state index contributed by atoms with van der Waals surface area (Å²) in [5.41, 5.74) is 2.37. The number of aromatic nitrogens is 1. The predicted octanol–water partition coefficient (Wildman–Crippen LogP) is 3.31. The number of benzene rings is 2. The van der Waals surface area contributed by atoms with Crippen LogP contribution in [-0.4, -0.2) is 34.6 Å². The van der Waals surface area contributed by atoms with Gasteiger partial charge in [0.15, 0.2) is 0 Å². The number of urea groups is 1. The molecule has 0 unspecified atom stereocenters. The summed E-state index contributed by atoms with van der Waals surface area (Å²) in [6.07, 6.45) is 8.86. The van der Waals surface area contributed by atoms with Crippen molar-refractivity contribution in [3.8, 4) is 18.0 Å². The molecule has 3 amide bonds. The highest BCUT2D eigenvalue weighted by molar-refractivity contribution is 7.98. The van der Waals surface area contributed by atoms with E-state index >= 15 is 0 Å². The fraction of sp³-hybridized carbons (Fsp3) is 0.125. The minimum absolute atomic E-state index is 0.145. The maximum atomic E-state index is 12.7. The van der Waals surface area contributed by atoms with E-state index in [1.54, 1.807) is 66.9 Å². The van der Waals surface area contributed by atoms with E-state index in [0.29, 0.717) is 28.4 Å². The molecule has 162 valence electrons. The Bertz CT molecular complexity index is 1180. The van der Waals surface area contributed by atoms with Crippen LogP contribution in [0, 0.1) is 12.3 Å². The maximum absolute atomic E-state index is 12.7. The molecule has 0 aliphatic carbocycles. The van der Waals surface area contributed by atoms with Crippen molar-refractivity contribution in [1.29, 1.82) is 0 Å². The third kappa shape index (κ3) is 6.03. The lowest BCUT2D eigenvalue weighted by Crippen LogP contribution is -2.47. The fourth-order valence-corrected chi connectivity index (χ4v) is 3.47. The first-order chi connectivity index (χ1) is 15.5. The van der Waals surface area contributed by atoms with Gasteiger partial charge in [-0.1, -0.05) is 12.0 Å². The molecule has 3 rings (SSSR count). The molecule has 0 saturated carbocycles. The van der Waals surface area contributed by atoms with E-state index in [0.717, 1.165) is 0 Å². The second-order valence-corrected chi connectivity index (χ2v) is 7.68. The van der Waals surface area contributed by atoms with E-state index < -0.39 is 12.1 Å². The van der Waals surface area contributed by atoms with Gasteiger partial charge in [0, 0.05) is 40.6 Å². The summed E-state index contributed by atoms with van der Waals surface area (Å²) in [6, 6.07) is 17.4. The molecule has 0 radical (unpaired) electrons. The fourth-order valence-electron chi connectivity index (χ4n) is 2.90. The summed E-state index contributed by atoms with van der Waals surface area (Å²) in [6.45, 7) is 0. The van der Waals surface area contributed by atoms with Gasteiger partial charge < -0.3 is 16.0 Å². The number of anilines is 2. The normalized spacial score (nSPS) is 11.1. The Morgan fingerprint density at radius 3 is 2.28 bits per heavy atom. The van der Waals surface area contributed by atoms with Gasteiger partial charge in [-0.15, -0.1) is 6.42 Å². The highest BCUT2D eigenvalue weighted by Crippen LogP contribution is 2.13. The van der Waals surface area contributed by atoms with Crippen molar-refractivity contribution in [2.75, 3.05) is 22.6 Å². The van der Waals surface area contributed by atoms with Crippen molar-refractivity contribution in [1.82, 2.24) is 9.88 Å². The molecular formula is C24H22N4O3S. The smallest absolute Gasteiger partial charge is 0.319 e. The van der Waals surface area contributed by atoms with Crippen LogP contribution in [0.1, 0.15) is 5.56 Å². The van der Waals surface area contributed by atoms with Crippen molar-refractivity contribution < 1.29 is 9.59 Å². The molecule has 8 heteroatoms. The lowest BCUT2D eigenvalue weighted by Gasteiger charge is -2.18. The molecule has 0 saturated heterocycles. The zero-order chi connectivity index (χ0) is 22.9. The van der Waals surface area contributed by atoms with Crippen LogP contribution < -0.4 is 21.5 Å². The summed E-state index contributed by atoms with van der Waals surface area (Å²) in [4.78, 5) is 37.0. The van der Waals surface area contributed by atoms with E-state index in [2.05, 4.69) is 21.9 Å². The van der Waals surface area contributed by atoms with E-state index in [1.165, 1.54) is 22.4 Å². The Balaban J connectivity index is 1.62. The summed E-state index contributed by atoms with van der Waals surface area (Å²) in [5.74, 6) is 2.56. The zero-order valence-electron chi connectivity index (χ0n) is 17.4. The number of hydrogen-bond acceptors (Lipinski definition) is 4. The number of terminal acetylenes is 1. The number of pyridine rings is 1. The Kier molecular flexibility index (Phi) is 7.73. The van der Waals surface area contributed by atoms with Crippen molar-refractivity contribution in [2.24, 2.45) is 0 Å². The molecule has 7 nitrogen and oxygen atoms in total. The van der Waals surface area contributed by atoms with Crippen molar-refractivity contribution in [2.45, 2.75) is 6.04 Å². The lowest BCUT2D eigenvalue weighted by atomic mass is 10.2. The molecule has 0 spiro atoms. The second kappa shape index (κ2) is 10.9. The number of carbonyl (C=O) groups excluding carboxylic acids is 2. The minimum atomic E-state index is -0.744. The molecular weight excluding hydrogens is 424 g/mol. The second-order valence-electron chi connectivity index (χ2n) is 6.77. The molecule has 0 bridgehead atoms. The molecule has 1 atom stereocenters. The van der Waals surface area contributed by atoms with Gasteiger partial charge in [0.05, 0.1) is 0 Å². The van der Waals surface area contributed by atoms with Gasteiger partial charge in [0.25, 0.3) is 5.56 Å². The Morgan fingerprint density at radius 1 is 1.00 bits per heavy atom. The monoisotopic (exact) mass is 446 g/mol. The topological polar surface area (TPSA) is 92.2 Å². The lowest BCUT2D eigenvalue weighted by molar-refractivity contribution is -0.117. The van der Waals surface area contributed by atoms with Crippen LogP contribution >= 0.6 is 11.8 Å². The van der Waals surface area contributed by atoms with Gasteiger partial charge in [-0.05, 0) is 60.9 Å². The zero-order valence-corrected chi connectivity index (χ0v) is 18.2. The highest BCUT2D eigenvalue weighted by atomic mass is 32.2. The first-order valence-electron chi connectivity index (χ1n) is 9.72. The molecule has 0 fully saturated rings.